The van der Waals surface area contributed by atoms with E-state index in [4.69, 9.17) is 16.3 Å². The highest BCUT2D eigenvalue weighted by molar-refractivity contribution is 6.29. The van der Waals surface area contributed by atoms with Gasteiger partial charge in [0.25, 0.3) is 0 Å². The van der Waals surface area contributed by atoms with Gasteiger partial charge >= 0.3 is 0 Å². The second-order valence-electron chi connectivity index (χ2n) is 4.11. The van der Waals surface area contributed by atoms with E-state index in [2.05, 4.69) is 9.97 Å². The average molecular weight is 263 g/mol. The van der Waals surface area contributed by atoms with E-state index in [1.165, 1.54) is 0 Å². The highest BCUT2D eigenvalue weighted by Gasteiger charge is 2.02. The fraction of sp³-hybridized carbons (Fsp3) is 0.286. The molecule has 0 spiro atoms. The SMILES string of the molecule is Cc1cc(Cl)nc(CCOc2ccccc2C)n1. The highest BCUT2D eigenvalue weighted by Crippen LogP contribution is 2.16. The monoisotopic (exact) mass is 262 g/mol. The lowest BCUT2D eigenvalue weighted by Crippen LogP contribution is -2.06. The van der Waals surface area contributed by atoms with Crippen molar-refractivity contribution in [2.45, 2.75) is 20.3 Å². The number of nitrogens with zero attached hydrogens (tertiary/aromatic N) is 2. The average Bonchev–Trinajstić information content (AvgIpc) is 2.30. The predicted molar refractivity (Wildman–Crippen MR) is 72.2 cm³/mol. The van der Waals surface area contributed by atoms with Crippen LogP contribution in [-0.2, 0) is 6.42 Å². The van der Waals surface area contributed by atoms with Gasteiger partial charge < -0.3 is 4.74 Å². The van der Waals surface area contributed by atoms with Gasteiger partial charge in [-0.1, -0.05) is 29.8 Å². The zero-order valence-corrected chi connectivity index (χ0v) is 11.2. The van der Waals surface area contributed by atoms with Crippen LogP contribution in [0.3, 0.4) is 0 Å². The zero-order valence-electron chi connectivity index (χ0n) is 10.5. The van der Waals surface area contributed by atoms with Gasteiger partial charge in [0.2, 0.25) is 0 Å². The Balaban J connectivity index is 1.94. The largest absolute Gasteiger partial charge is 0.493 e. The van der Waals surface area contributed by atoms with Gasteiger partial charge in [0.1, 0.15) is 16.7 Å². The first-order chi connectivity index (χ1) is 8.65. The molecule has 2 rings (SSSR count). The maximum Gasteiger partial charge on any atom is 0.133 e. The number of benzene rings is 1. The molecule has 1 aromatic carbocycles. The third-order valence-corrected chi connectivity index (χ3v) is 2.74. The summed E-state index contributed by atoms with van der Waals surface area (Å²) in [6.45, 7) is 4.47. The minimum atomic E-state index is 0.480. The van der Waals surface area contributed by atoms with E-state index in [0.717, 1.165) is 17.0 Å². The van der Waals surface area contributed by atoms with Gasteiger partial charge in [-0.15, -0.1) is 0 Å². The molecule has 4 heteroatoms. The summed E-state index contributed by atoms with van der Waals surface area (Å²) >= 11 is 5.88. The maximum absolute atomic E-state index is 5.88. The summed E-state index contributed by atoms with van der Waals surface area (Å²) in [5.41, 5.74) is 2.00. The quantitative estimate of drug-likeness (QED) is 0.793. The molecule has 3 nitrogen and oxygen atoms in total. The molecule has 0 saturated carbocycles. The van der Waals surface area contributed by atoms with Crippen LogP contribution in [0.2, 0.25) is 5.15 Å². The molecule has 0 N–H and O–H groups in total. The molecule has 0 aliphatic heterocycles. The summed E-state index contributed by atoms with van der Waals surface area (Å²) in [6.07, 6.45) is 0.649. The molecule has 0 atom stereocenters. The van der Waals surface area contributed by atoms with Crippen molar-refractivity contribution in [2.24, 2.45) is 0 Å². The predicted octanol–water partition coefficient (Wildman–Crippen LogP) is 3.37. The fourth-order valence-electron chi connectivity index (χ4n) is 1.67. The Bertz CT molecular complexity index is 523. The first-order valence-electron chi connectivity index (χ1n) is 5.83. The Hall–Kier alpha value is -1.61. The number of aromatic nitrogens is 2. The minimum Gasteiger partial charge on any atom is -0.493 e. The van der Waals surface area contributed by atoms with Gasteiger partial charge in [-0.3, -0.25) is 0 Å². The standard InChI is InChI=1S/C14H15ClN2O/c1-10-5-3-4-6-12(10)18-8-7-14-16-11(2)9-13(15)17-14/h3-6,9H,7-8H2,1-2H3. The van der Waals surface area contributed by atoms with E-state index in [9.17, 15) is 0 Å². The summed E-state index contributed by atoms with van der Waals surface area (Å²) in [6, 6.07) is 9.68. The summed E-state index contributed by atoms with van der Waals surface area (Å²) in [5.74, 6) is 1.62. The van der Waals surface area contributed by atoms with Crippen LogP contribution in [0.4, 0.5) is 0 Å². The van der Waals surface area contributed by atoms with Crippen molar-refractivity contribution in [3.63, 3.8) is 0 Å². The molecule has 1 heterocycles. The van der Waals surface area contributed by atoms with E-state index < -0.39 is 0 Å². The molecule has 0 radical (unpaired) electrons. The molecular weight excluding hydrogens is 248 g/mol. The normalized spacial score (nSPS) is 10.4. The molecule has 0 unspecified atom stereocenters. The van der Waals surface area contributed by atoms with Crippen LogP contribution in [0, 0.1) is 13.8 Å². The van der Waals surface area contributed by atoms with Crippen LogP contribution in [0.15, 0.2) is 30.3 Å². The molecule has 18 heavy (non-hydrogen) atoms. The molecule has 94 valence electrons. The summed E-state index contributed by atoms with van der Waals surface area (Å²) in [4.78, 5) is 8.47. The van der Waals surface area contributed by atoms with Crippen LogP contribution < -0.4 is 4.74 Å². The lowest BCUT2D eigenvalue weighted by atomic mass is 10.2. The van der Waals surface area contributed by atoms with E-state index >= 15 is 0 Å². The van der Waals surface area contributed by atoms with E-state index in [1.807, 2.05) is 38.1 Å². The van der Waals surface area contributed by atoms with Crippen LogP contribution in [0.25, 0.3) is 0 Å². The number of hydrogen-bond acceptors (Lipinski definition) is 3. The molecule has 0 fully saturated rings. The Labute approximate surface area is 112 Å². The number of para-hydroxylation sites is 1. The molecule has 0 aliphatic rings. The molecular formula is C14H15ClN2O. The number of aryl methyl sites for hydroxylation is 2. The molecule has 0 bridgehead atoms. The fourth-order valence-corrected chi connectivity index (χ4v) is 1.93. The topological polar surface area (TPSA) is 35.0 Å². The number of ether oxygens (including phenoxy) is 1. The minimum absolute atomic E-state index is 0.480. The maximum atomic E-state index is 5.88. The van der Waals surface area contributed by atoms with E-state index in [1.54, 1.807) is 6.07 Å². The van der Waals surface area contributed by atoms with Crippen LogP contribution >= 0.6 is 11.6 Å². The van der Waals surface area contributed by atoms with Crippen molar-refractivity contribution in [2.75, 3.05) is 6.61 Å². The first kappa shape index (κ1) is 12.8. The second kappa shape index (κ2) is 5.83. The Morgan fingerprint density at radius 3 is 2.67 bits per heavy atom. The molecule has 0 aliphatic carbocycles. The first-order valence-corrected chi connectivity index (χ1v) is 6.21. The van der Waals surface area contributed by atoms with Crippen molar-refractivity contribution < 1.29 is 4.74 Å². The van der Waals surface area contributed by atoms with Gasteiger partial charge in [-0.2, -0.15) is 0 Å². The van der Waals surface area contributed by atoms with Crippen molar-refractivity contribution in [3.8, 4) is 5.75 Å². The second-order valence-corrected chi connectivity index (χ2v) is 4.50. The smallest absolute Gasteiger partial charge is 0.133 e. The highest BCUT2D eigenvalue weighted by atomic mass is 35.5. The van der Waals surface area contributed by atoms with Crippen molar-refractivity contribution in [1.82, 2.24) is 9.97 Å². The Morgan fingerprint density at radius 1 is 1.17 bits per heavy atom. The van der Waals surface area contributed by atoms with Crippen LogP contribution in [-0.4, -0.2) is 16.6 Å². The molecule has 0 saturated heterocycles. The third kappa shape index (κ3) is 3.44. The summed E-state index contributed by atoms with van der Waals surface area (Å²) < 4.78 is 5.70. The number of rotatable bonds is 4. The van der Waals surface area contributed by atoms with Crippen molar-refractivity contribution >= 4 is 11.6 Å². The number of halogens is 1. The van der Waals surface area contributed by atoms with E-state index in [0.29, 0.717) is 24.0 Å². The third-order valence-electron chi connectivity index (χ3n) is 2.55. The van der Waals surface area contributed by atoms with E-state index in [-0.39, 0.29) is 0 Å². The van der Waals surface area contributed by atoms with Crippen molar-refractivity contribution in [1.29, 1.82) is 0 Å². The zero-order chi connectivity index (χ0) is 13.0. The van der Waals surface area contributed by atoms with Gasteiger partial charge in [-0.25, -0.2) is 9.97 Å². The van der Waals surface area contributed by atoms with Gasteiger partial charge in [0, 0.05) is 12.1 Å². The number of hydrogen-bond donors (Lipinski definition) is 0. The van der Waals surface area contributed by atoms with Crippen LogP contribution in [0.1, 0.15) is 17.1 Å². The summed E-state index contributed by atoms with van der Waals surface area (Å²) in [5, 5.41) is 0.480. The van der Waals surface area contributed by atoms with Gasteiger partial charge in [0.15, 0.2) is 0 Å². The Kier molecular flexibility index (Phi) is 4.15. The van der Waals surface area contributed by atoms with Crippen LogP contribution in [0.5, 0.6) is 5.75 Å². The lowest BCUT2D eigenvalue weighted by molar-refractivity contribution is 0.316. The molecule has 0 amide bonds. The van der Waals surface area contributed by atoms with Crippen molar-refractivity contribution in [3.05, 3.63) is 52.6 Å². The Morgan fingerprint density at radius 2 is 1.94 bits per heavy atom. The molecule has 2 aromatic rings. The lowest BCUT2D eigenvalue weighted by Gasteiger charge is -2.08. The van der Waals surface area contributed by atoms with Gasteiger partial charge in [0.05, 0.1) is 6.61 Å². The molecule has 1 aromatic heterocycles. The summed E-state index contributed by atoms with van der Waals surface area (Å²) in [7, 11) is 0. The van der Waals surface area contributed by atoms with Gasteiger partial charge in [-0.05, 0) is 31.5 Å².